The molecule has 1 aromatic heterocycles. The molecular weight excluding hydrogens is 1470 g/mol. The first-order chi connectivity index (χ1) is 33.3. The van der Waals surface area contributed by atoms with E-state index in [2.05, 4.69) is 106 Å². The Kier molecular flexibility index (Phi) is 36.9. The maximum atomic E-state index is 11.4. The average Bonchev–Trinajstić information content (AvgIpc) is 3.72. The molecule has 36 heteroatoms. The highest BCUT2D eigenvalue weighted by Gasteiger charge is 2.26. The smallest absolute Gasteiger partial charge is 0.238 e. The first-order valence-corrected chi connectivity index (χ1v) is 57.9. The van der Waals surface area contributed by atoms with Gasteiger partial charge in [-0.15, -0.1) is 0 Å². The number of phenols is 1. The molecule has 402 valence electrons. The molecule has 0 amide bonds. The summed E-state index contributed by atoms with van der Waals surface area (Å²) in [6, 6.07) is 16.4. The number of nitrogens with two attached hydrogens (primary N) is 1. The molecule has 0 aliphatic heterocycles. The van der Waals surface area contributed by atoms with Gasteiger partial charge in [-0.3, -0.25) is 0 Å². The van der Waals surface area contributed by atoms with Crippen LogP contribution in [0.25, 0.3) is 22.6 Å². The third kappa shape index (κ3) is 31.1. The van der Waals surface area contributed by atoms with Gasteiger partial charge in [0.15, 0.2) is 5.58 Å². The lowest BCUT2D eigenvalue weighted by molar-refractivity contribution is 0.466. The molecule has 3 N–H and O–H groups in total. The number of oxazole rings is 1. The second-order valence-electron chi connectivity index (χ2n) is 17.1. The minimum atomic E-state index is -3.73. The van der Waals surface area contributed by atoms with Crippen molar-refractivity contribution in [2.45, 2.75) is 110 Å². The summed E-state index contributed by atoms with van der Waals surface area (Å²) >= 11 is 9.57. The van der Waals surface area contributed by atoms with Crippen LogP contribution >= 0.6 is 0 Å². The van der Waals surface area contributed by atoms with E-state index in [0.29, 0.717) is 17.2 Å². The third-order valence-corrected chi connectivity index (χ3v) is 66.7. The van der Waals surface area contributed by atoms with Gasteiger partial charge in [0.25, 0.3) is 0 Å². The fraction of sp³-hybridized carbons (Fsp3) is 0.457. The van der Waals surface area contributed by atoms with Crippen LogP contribution in [-0.2, 0) is 294 Å². The largest absolute Gasteiger partial charge is 0.508 e. The highest BCUT2D eigenvalue weighted by atomic mass is 33.5. The van der Waals surface area contributed by atoms with Gasteiger partial charge in [-0.05, 0) is 80.8 Å². The molecule has 3 aromatic carbocycles. The minimum Gasteiger partial charge on any atom is -0.508 e. The lowest BCUT2D eigenvalue weighted by Gasteiger charge is -2.25. The van der Waals surface area contributed by atoms with Crippen LogP contribution in [-0.4, -0.2) is 18.5 Å². The molecule has 1 heterocycles. The van der Waals surface area contributed by atoms with Crippen molar-refractivity contribution in [1.82, 2.24) is 4.98 Å². The van der Waals surface area contributed by atoms with Crippen molar-refractivity contribution >= 4 is 283 Å². The van der Waals surface area contributed by atoms with Gasteiger partial charge in [0, 0.05) is 273 Å². The normalized spacial score (nSPS) is 10.9. The van der Waals surface area contributed by atoms with Crippen LogP contribution in [0.4, 0.5) is 0 Å². The van der Waals surface area contributed by atoms with Crippen LogP contribution in [0.3, 0.4) is 0 Å². The van der Waals surface area contributed by atoms with Gasteiger partial charge < -0.3 is 9.52 Å². The van der Waals surface area contributed by atoms with Crippen molar-refractivity contribution in [2.75, 3.05) is 0 Å². The van der Waals surface area contributed by atoms with Crippen molar-refractivity contribution in [1.29, 1.82) is 0 Å². The van der Waals surface area contributed by atoms with Gasteiger partial charge in [-0.1, -0.05) is 95.2 Å². The Morgan fingerprint density at radius 2 is 0.775 bits per heavy atom. The molecule has 71 heavy (non-hydrogen) atoms. The molecule has 0 bridgehead atoms. The van der Waals surface area contributed by atoms with E-state index in [4.69, 9.17) is 31.9 Å². The second kappa shape index (κ2) is 37.3. The first-order valence-electron chi connectivity index (χ1n) is 19.0. The van der Waals surface area contributed by atoms with Crippen LogP contribution < -0.4 is 5.14 Å². The molecule has 0 fully saturated rings. The van der Waals surface area contributed by atoms with Crippen LogP contribution in [0.2, 0.25) is 0 Å². The summed E-state index contributed by atoms with van der Waals surface area (Å²) in [5, 5.41) is 14.9. The Balaban J connectivity index is 0.000000382. The van der Waals surface area contributed by atoms with Gasteiger partial charge in [0.2, 0.25) is 15.9 Å². The zero-order valence-electron chi connectivity index (χ0n) is 39.1. The number of benzene rings is 3. The fourth-order valence-electron chi connectivity index (χ4n) is 4.69. The zero-order chi connectivity index (χ0) is 53.1. The summed E-state index contributed by atoms with van der Waals surface area (Å²) in [5.74, 6) is 0.829. The fourth-order valence-corrected chi connectivity index (χ4v) is 73.8. The van der Waals surface area contributed by atoms with E-state index in [0.717, 1.165) is 16.7 Å². The lowest BCUT2D eigenvalue weighted by Crippen LogP contribution is -2.16. The number of sulfonamides is 1. The monoisotopic (exact) mass is 1520 g/mol. The number of nitrogens with zero attached hydrogens (tertiary/aromatic N) is 1. The molecule has 4 aromatic rings. The predicted octanol–water partition coefficient (Wildman–Crippen LogP) is 8.65. The van der Waals surface area contributed by atoms with Gasteiger partial charge in [-0.25, -0.2) is 18.5 Å². The molecule has 0 saturated carbocycles. The summed E-state index contributed by atoms with van der Waals surface area (Å²) < 4.78 is 29.0. The highest BCUT2D eigenvalue weighted by Crippen LogP contribution is 2.37. The minimum absolute atomic E-state index is 0.00949. The van der Waals surface area contributed by atoms with Crippen LogP contribution in [0.15, 0.2) is 63.9 Å². The number of hydrogen-bond donors (Lipinski definition) is 2. The molecule has 4 rings (SSSR count). The number of hydrogen-bond acceptors (Lipinski definition) is 7. The summed E-state index contributed by atoms with van der Waals surface area (Å²) in [6.07, 6.45) is 0. The number of phenolic OH excluding ortho intramolecular Hbond substituents is 1. The number of rotatable bonds is 2. The molecular formula is C35H48N2O4S30. The standard InChI is InChI=1S/C21H26N2O3S.C14H22O.S29/c1-20(2,3)14-11-16(21(4,5)6)18-17(12-14)23-19(26-18)13-7-9-15(10-8-13)27(22,24)25;1-13(2,3)10-7-11(14(4,5)6)9-12(15)8-10;1-3-5-7-9-11-13-15-17-19-21-23-25-27-29-28-26-24-22-20-18-16-14-12-10-8-6-4-2/h7-12H,1-6H3,(H2,22,24,25);7-9,15H,1-6H3;. The zero-order valence-corrected chi connectivity index (χ0v) is 63.6. The van der Waals surface area contributed by atoms with Crippen molar-refractivity contribution in [3.63, 3.8) is 0 Å². The maximum absolute atomic E-state index is 11.4. The Labute approximate surface area is 505 Å². The van der Waals surface area contributed by atoms with Crippen molar-refractivity contribution in [2.24, 2.45) is 5.14 Å². The Bertz CT molecular complexity index is 3810. The van der Waals surface area contributed by atoms with E-state index >= 15 is 0 Å². The number of fused-ring (bicyclic) bond motifs is 1. The van der Waals surface area contributed by atoms with Gasteiger partial charge >= 0.3 is 0 Å². The summed E-state index contributed by atoms with van der Waals surface area (Å²) in [4.78, 5) is 4.74. The highest BCUT2D eigenvalue weighted by molar-refractivity contribution is 8.79. The van der Waals surface area contributed by atoms with Crippen LogP contribution in [0.5, 0.6) is 5.75 Å². The summed E-state index contributed by atoms with van der Waals surface area (Å²) in [7, 11) is 43.5. The van der Waals surface area contributed by atoms with E-state index in [1.54, 1.807) is 136 Å². The van der Waals surface area contributed by atoms with E-state index in [1.807, 2.05) is 110 Å². The maximum Gasteiger partial charge on any atom is 0.238 e. The average molecular weight is 1520 g/mol. The van der Waals surface area contributed by atoms with Crippen LogP contribution in [0, 0.1) is 0 Å². The molecule has 0 unspecified atom stereocenters. The number of primary sulfonamides is 1. The number of aromatic nitrogens is 1. The second-order valence-corrected chi connectivity index (χ2v) is 66.4. The van der Waals surface area contributed by atoms with E-state index in [1.165, 1.54) is 46.6 Å². The molecule has 0 atom stereocenters. The topological polar surface area (TPSA) is 106 Å². The van der Waals surface area contributed by atoms with E-state index < -0.39 is 10.0 Å². The van der Waals surface area contributed by atoms with Gasteiger partial charge in [0.05, 0.1) is 4.90 Å². The Hall–Kier alpha value is 3.22. The lowest BCUT2D eigenvalue weighted by atomic mass is 9.80. The van der Waals surface area contributed by atoms with Crippen molar-refractivity contribution < 1.29 is 17.9 Å². The van der Waals surface area contributed by atoms with E-state index in [-0.39, 0.29) is 26.6 Å². The molecule has 6 nitrogen and oxygen atoms in total. The Morgan fingerprint density at radius 1 is 0.465 bits per heavy atom. The van der Waals surface area contributed by atoms with Gasteiger partial charge in [-0.2, -0.15) is 0 Å². The summed E-state index contributed by atoms with van der Waals surface area (Å²) in [5.41, 5.74) is 7.00. The first kappa shape index (κ1) is 70.3. The third-order valence-electron chi connectivity index (χ3n) is 7.97. The summed E-state index contributed by atoms with van der Waals surface area (Å²) in [6.45, 7) is 25.9. The quantitative estimate of drug-likeness (QED) is 0.207. The SMILES string of the molecule is CC(C)(C)c1cc(C(C)(C)C)c2oc(-c3ccc(S(N)(=O)=O)cc3)nc2c1.CC(C)(C)c1cc(O)cc(C(C)(C)C)c1.S=S=S=S=S=S=S=S=S=S=S=S=S=S=S=S=S=S=S=S=S=S=S=S=S=S=S=S=S. The molecule has 0 aliphatic carbocycles. The number of aromatic hydroxyl groups is 1. The van der Waals surface area contributed by atoms with Crippen LogP contribution in [0.1, 0.15) is 105 Å². The van der Waals surface area contributed by atoms with E-state index in [9.17, 15) is 13.5 Å². The molecule has 0 saturated heterocycles. The van der Waals surface area contributed by atoms with Gasteiger partial charge in [0.1, 0.15) is 11.3 Å². The molecule has 0 spiro atoms. The van der Waals surface area contributed by atoms with Crippen molar-refractivity contribution in [3.05, 3.63) is 76.9 Å². The molecule has 0 aliphatic rings. The predicted molar refractivity (Wildman–Crippen MR) is 387 cm³/mol. The van der Waals surface area contributed by atoms with Crippen molar-refractivity contribution in [3.8, 4) is 17.2 Å². The Morgan fingerprint density at radius 3 is 1.06 bits per heavy atom. The molecule has 0 radical (unpaired) electrons.